The summed E-state index contributed by atoms with van der Waals surface area (Å²) in [6.07, 6.45) is 3.88. The topological polar surface area (TPSA) is 17.8 Å². The summed E-state index contributed by atoms with van der Waals surface area (Å²) in [6, 6.07) is 0. The van der Waals surface area contributed by atoms with Crippen LogP contribution in [0.1, 0.15) is 47.2 Å². The molecule has 1 aromatic heterocycles. The summed E-state index contributed by atoms with van der Waals surface area (Å²) in [5.41, 5.74) is 1.59. The van der Waals surface area contributed by atoms with Crippen LogP contribution in [0.15, 0.2) is 12.5 Å². The van der Waals surface area contributed by atoms with Gasteiger partial charge >= 0.3 is 0 Å². The maximum atomic E-state index is 4.22. The van der Waals surface area contributed by atoms with E-state index in [1.54, 1.807) is 0 Å². The number of nitrogens with zero attached hydrogens (tertiary/aromatic N) is 2. The van der Waals surface area contributed by atoms with Crippen LogP contribution in [-0.2, 0) is 11.0 Å². The van der Waals surface area contributed by atoms with Crippen LogP contribution in [0.4, 0.5) is 0 Å². The molecule has 0 aliphatic heterocycles. The second-order valence-corrected chi connectivity index (χ2v) is 5.57. The molecule has 0 spiro atoms. The summed E-state index contributed by atoms with van der Waals surface area (Å²) in [5.74, 6) is 0. The van der Waals surface area contributed by atoms with E-state index in [0.717, 1.165) is 0 Å². The minimum Gasteiger partial charge on any atom is -0.329 e. The normalized spacial score (nSPS) is 13.4. The molecule has 1 aromatic rings. The van der Waals surface area contributed by atoms with E-state index in [4.69, 9.17) is 0 Å². The molecule has 0 amide bonds. The number of imidazole rings is 1. The van der Waals surface area contributed by atoms with E-state index in [9.17, 15) is 0 Å². The van der Waals surface area contributed by atoms with Crippen molar-refractivity contribution >= 4 is 0 Å². The fraction of sp³-hybridized carbons (Fsp3) is 0.727. The number of rotatable bonds is 0. The van der Waals surface area contributed by atoms with Gasteiger partial charge in [0, 0.05) is 22.8 Å². The van der Waals surface area contributed by atoms with Gasteiger partial charge in [-0.05, 0) is 20.8 Å². The molecule has 2 heteroatoms. The first-order valence-electron chi connectivity index (χ1n) is 4.76. The highest BCUT2D eigenvalue weighted by atomic mass is 15.1. The van der Waals surface area contributed by atoms with Crippen LogP contribution >= 0.6 is 0 Å². The Hall–Kier alpha value is -0.790. The van der Waals surface area contributed by atoms with E-state index in [1.165, 1.54) is 5.69 Å². The van der Waals surface area contributed by atoms with Gasteiger partial charge in [0.2, 0.25) is 0 Å². The first kappa shape index (κ1) is 10.3. The molecule has 1 rings (SSSR count). The quantitative estimate of drug-likeness (QED) is 0.600. The van der Waals surface area contributed by atoms with Gasteiger partial charge in [0.05, 0.1) is 6.33 Å². The molecule has 0 aliphatic carbocycles. The van der Waals surface area contributed by atoms with E-state index >= 15 is 0 Å². The highest BCUT2D eigenvalue weighted by Gasteiger charge is 2.23. The average molecular weight is 180 g/mol. The smallest absolute Gasteiger partial charge is 0.0953 e. The Labute approximate surface area is 81.0 Å². The van der Waals surface area contributed by atoms with Crippen LogP contribution in [-0.4, -0.2) is 9.55 Å². The molecule has 0 aliphatic rings. The van der Waals surface area contributed by atoms with Crippen LogP contribution in [0, 0.1) is 0 Å². The summed E-state index contributed by atoms with van der Waals surface area (Å²) in [5, 5.41) is 0. The first-order chi connectivity index (χ1) is 5.73. The number of aromatic nitrogens is 2. The zero-order chi connectivity index (χ0) is 10.3. The van der Waals surface area contributed by atoms with Crippen LogP contribution in [0.3, 0.4) is 0 Å². The summed E-state index contributed by atoms with van der Waals surface area (Å²) in [6.45, 7) is 13.2. The van der Waals surface area contributed by atoms with E-state index < -0.39 is 0 Å². The lowest BCUT2D eigenvalue weighted by atomic mass is 9.91. The Morgan fingerprint density at radius 1 is 1.08 bits per heavy atom. The Kier molecular flexibility index (Phi) is 2.27. The Bertz CT molecular complexity index is 255. The van der Waals surface area contributed by atoms with Gasteiger partial charge in [-0.15, -0.1) is 0 Å². The van der Waals surface area contributed by atoms with Crippen LogP contribution in [0.5, 0.6) is 0 Å². The number of hydrogen-bond acceptors (Lipinski definition) is 1. The highest BCUT2D eigenvalue weighted by Crippen LogP contribution is 2.26. The van der Waals surface area contributed by atoms with Gasteiger partial charge < -0.3 is 4.57 Å². The van der Waals surface area contributed by atoms with Gasteiger partial charge in [0.15, 0.2) is 0 Å². The summed E-state index contributed by atoms with van der Waals surface area (Å²) in [7, 11) is 0. The minimum atomic E-state index is 0.124. The molecular formula is C11H20N2. The minimum absolute atomic E-state index is 0.124. The van der Waals surface area contributed by atoms with Crippen molar-refractivity contribution in [1.82, 2.24) is 9.55 Å². The Balaban J connectivity index is 3.19. The Morgan fingerprint density at radius 3 is 1.92 bits per heavy atom. The largest absolute Gasteiger partial charge is 0.329 e. The van der Waals surface area contributed by atoms with Gasteiger partial charge in [0.1, 0.15) is 0 Å². The predicted octanol–water partition coefficient (Wildman–Crippen LogP) is 2.94. The maximum Gasteiger partial charge on any atom is 0.0953 e. The van der Waals surface area contributed by atoms with Crippen molar-refractivity contribution < 1.29 is 0 Å². The van der Waals surface area contributed by atoms with Crippen molar-refractivity contribution in [1.29, 1.82) is 0 Å². The molecule has 13 heavy (non-hydrogen) atoms. The van der Waals surface area contributed by atoms with E-state index in [2.05, 4.69) is 51.1 Å². The van der Waals surface area contributed by atoms with Gasteiger partial charge in [0.25, 0.3) is 0 Å². The molecule has 0 radical (unpaired) electrons. The molecular weight excluding hydrogens is 160 g/mol. The third-order valence-corrected chi connectivity index (χ3v) is 2.13. The van der Waals surface area contributed by atoms with Crippen molar-refractivity contribution in [3.63, 3.8) is 0 Å². The lowest BCUT2D eigenvalue weighted by Crippen LogP contribution is -2.28. The third-order valence-electron chi connectivity index (χ3n) is 2.13. The van der Waals surface area contributed by atoms with Crippen LogP contribution in [0.25, 0.3) is 0 Å². The van der Waals surface area contributed by atoms with Crippen LogP contribution < -0.4 is 0 Å². The lowest BCUT2D eigenvalue weighted by Gasteiger charge is -2.29. The van der Waals surface area contributed by atoms with Gasteiger partial charge in [-0.1, -0.05) is 20.8 Å². The summed E-state index contributed by atoms with van der Waals surface area (Å²) >= 11 is 0. The molecule has 0 bridgehead atoms. The number of hydrogen-bond donors (Lipinski definition) is 0. The van der Waals surface area contributed by atoms with E-state index in [1.807, 2.05) is 12.5 Å². The third kappa shape index (κ3) is 2.11. The van der Waals surface area contributed by atoms with Crippen molar-refractivity contribution in [2.75, 3.05) is 0 Å². The van der Waals surface area contributed by atoms with Crippen molar-refractivity contribution in [2.24, 2.45) is 0 Å². The molecule has 2 nitrogen and oxygen atoms in total. The monoisotopic (exact) mass is 180 g/mol. The fourth-order valence-corrected chi connectivity index (χ4v) is 1.38. The standard InChI is InChI=1S/C11H20N2/c1-10(2,3)9-7-12-8-13(9)11(4,5)6/h7-8H,1-6H3. The molecule has 0 N–H and O–H groups in total. The summed E-state index contributed by atoms with van der Waals surface area (Å²) < 4.78 is 2.24. The Morgan fingerprint density at radius 2 is 1.62 bits per heavy atom. The van der Waals surface area contributed by atoms with Gasteiger partial charge in [-0.25, -0.2) is 4.98 Å². The maximum absolute atomic E-state index is 4.22. The SMILES string of the molecule is CC(C)(C)c1cncn1C(C)(C)C. The molecule has 0 fully saturated rings. The van der Waals surface area contributed by atoms with Gasteiger partial charge in [-0.3, -0.25) is 0 Å². The molecule has 0 saturated heterocycles. The van der Waals surface area contributed by atoms with Crippen molar-refractivity contribution in [2.45, 2.75) is 52.5 Å². The predicted molar refractivity (Wildman–Crippen MR) is 55.9 cm³/mol. The molecule has 0 saturated carbocycles. The highest BCUT2D eigenvalue weighted by molar-refractivity contribution is 5.12. The fourth-order valence-electron chi connectivity index (χ4n) is 1.38. The van der Waals surface area contributed by atoms with Crippen molar-refractivity contribution in [3.8, 4) is 0 Å². The second kappa shape index (κ2) is 2.86. The molecule has 1 heterocycles. The zero-order valence-corrected chi connectivity index (χ0v) is 9.55. The molecule has 0 unspecified atom stereocenters. The summed E-state index contributed by atoms with van der Waals surface area (Å²) in [4.78, 5) is 4.22. The van der Waals surface area contributed by atoms with Crippen LogP contribution in [0.2, 0.25) is 0 Å². The van der Waals surface area contributed by atoms with E-state index in [0.29, 0.717) is 0 Å². The average Bonchev–Trinajstić information content (AvgIpc) is 2.27. The first-order valence-corrected chi connectivity index (χ1v) is 4.76. The molecule has 74 valence electrons. The lowest BCUT2D eigenvalue weighted by molar-refractivity contribution is 0.359. The second-order valence-electron chi connectivity index (χ2n) is 5.57. The van der Waals surface area contributed by atoms with Gasteiger partial charge in [-0.2, -0.15) is 0 Å². The molecule has 0 atom stereocenters. The zero-order valence-electron chi connectivity index (χ0n) is 9.55. The van der Waals surface area contributed by atoms with E-state index in [-0.39, 0.29) is 11.0 Å². The molecule has 0 aromatic carbocycles. The van der Waals surface area contributed by atoms with Crippen molar-refractivity contribution in [3.05, 3.63) is 18.2 Å².